The lowest BCUT2D eigenvalue weighted by molar-refractivity contribution is -0.116. The number of nitrogens with one attached hydrogen (secondary N) is 1. The lowest BCUT2D eigenvalue weighted by atomic mass is 10.2. The third kappa shape index (κ3) is 5.48. The number of benzene rings is 3. The van der Waals surface area contributed by atoms with Crippen LogP contribution in [-0.4, -0.2) is 32.3 Å². The molecule has 0 spiro atoms. The van der Waals surface area contributed by atoms with Crippen molar-refractivity contribution in [2.45, 2.75) is 25.3 Å². The molecule has 0 saturated carbocycles. The van der Waals surface area contributed by atoms with Gasteiger partial charge >= 0.3 is 0 Å². The van der Waals surface area contributed by atoms with Crippen molar-refractivity contribution in [1.29, 1.82) is 0 Å². The van der Waals surface area contributed by atoms with E-state index in [2.05, 4.69) is 5.32 Å². The van der Waals surface area contributed by atoms with Gasteiger partial charge in [-0.05, 0) is 60.9 Å². The summed E-state index contributed by atoms with van der Waals surface area (Å²) in [4.78, 5) is 12.9. The molecule has 1 N–H and O–H groups in total. The first-order valence-electron chi connectivity index (χ1n) is 9.96. The summed E-state index contributed by atoms with van der Waals surface area (Å²) in [5.41, 5.74) is 2.71. The van der Waals surface area contributed by atoms with Crippen LogP contribution < -0.4 is 10.1 Å². The van der Waals surface area contributed by atoms with Gasteiger partial charge in [0.05, 0.1) is 18.6 Å². The quantitative estimate of drug-likeness (QED) is 0.511. The van der Waals surface area contributed by atoms with Gasteiger partial charge in [-0.25, -0.2) is 8.42 Å². The molecule has 0 bridgehead atoms. The monoisotopic (exact) mass is 472 g/mol. The first kappa shape index (κ1) is 23.8. The van der Waals surface area contributed by atoms with Crippen LogP contribution in [0.15, 0.2) is 71.6 Å². The van der Waals surface area contributed by atoms with Crippen molar-refractivity contribution in [2.75, 3.05) is 19.0 Å². The van der Waals surface area contributed by atoms with Gasteiger partial charge in [0, 0.05) is 17.3 Å². The van der Waals surface area contributed by atoms with E-state index in [1.807, 2.05) is 30.3 Å². The SMILES string of the molecule is COc1ccc(S(=O)(=O)N(CC(=O)Nc2cccc(Cl)c2C)Cc2ccccc2)cc1C. The minimum atomic E-state index is -3.96. The van der Waals surface area contributed by atoms with Gasteiger partial charge in [0.25, 0.3) is 0 Å². The lowest BCUT2D eigenvalue weighted by Crippen LogP contribution is -2.37. The normalized spacial score (nSPS) is 11.4. The summed E-state index contributed by atoms with van der Waals surface area (Å²) in [5.74, 6) is 0.132. The van der Waals surface area contributed by atoms with Crippen LogP contribution in [0.5, 0.6) is 5.75 Å². The fraction of sp³-hybridized carbons (Fsp3) is 0.208. The molecule has 0 atom stereocenters. The minimum Gasteiger partial charge on any atom is -0.496 e. The predicted octanol–water partition coefficient (Wildman–Crippen LogP) is 4.80. The van der Waals surface area contributed by atoms with Gasteiger partial charge in [0.2, 0.25) is 15.9 Å². The highest BCUT2D eigenvalue weighted by Gasteiger charge is 2.27. The van der Waals surface area contributed by atoms with Crippen LogP contribution >= 0.6 is 11.6 Å². The zero-order chi connectivity index (χ0) is 23.3. The second-order valence-electron chi connectivity index (χ2n) is 7.35. The Morgan fingerprint density at radius 2 is 1.75 bits per heavy atom. The van der Waals surface area contributed by atoms with Crippen molar-refractivity contribution in [3.05, 3.63) is 88.4 Å². The Balaban J connectivity index is 1.91. The second-order valence-corrected chi connectivity index (χ2v) is 9.70. The summed E-state index contributed by atoms with van der Waals surface area (Å²) in [6.07, 6.45) is 0. The molecule has 6 nitrogen and oxygen atoms in total. The second kappa shape index (κ2) is 10.2. The third-order valence-corrected chi connectivity index (χ3v) is 7.26. The fourth-order valence-electron chi connectivity index (χ4n) is 3.27. The molecule has 1 amide bonds. The maximum absolute atomic E-state index is 13.5. The number of aryl methyl sites for hydroxylation is 1. The molecule has 8 heteroatoms. The summed E-state index contributed by atoms with van der Waals surface area (Å²) in [7, 11) is -2.43. The van der Waals surface area contributed by atoms with Crippen molar-refractivity contribution in [2.24, 2.45) is 0 Å². The first-order chi connectivity index (χ1) is 15.2. The van der Waals surface area contributed by atoms with Crippen LogP contribution in [0.2, 0.25) is 5.02 Å². The molecule has 0 radical (unpaired) electrons. The molecule has 32 heavy (non-hydrogen) atoms. The Hall–Kier alpha value is -2.87. The van der Waals surface area contributed by atoms with E-state index in [0.29, 0.717) is 27.6 Å². The van der Waals surface area contributed by atoms with Crippen molar-refractivity contribution in [1.82, 2.24) is 4.31 Å². The number of nitrogens with zero attached hydrogens (tertiary/aromatic N) is 1. The Bertz CT molecular complexity index is 1210. The number of rotatable bonds is 8. The van der Waals surface area contributed by atoms with Crippen LogP contribution in [0.4, 0.5) is 5.69 Å². The Morgan fingerprint density at radius 3 is 2.41 bits per heavy atom. The highest BCUT2D eigenvalue weighted by atomic mass is 35.5. The number of ether oxygens (including phenoxy) is 1. The van der Waals surface area contributed by atoms with E-state index in [-0.39, 0.29) is 18.0 Å². The molecule has 0 fully saturated rings. The third-order valence-electron chi connectivity index (χ3n) is 5.07. The fourth-order valence-corrected chi connectivity index (χ4v) is 4.91. The van der Waals surface area contributed by atoms with E-state index in [9.17, 15) is 13.2 Å². The van der Waals surface area contributed by atoms with E-state index < -0.39 is 15.9 Å². The van der Waals surface area contributed by atoms with E-state index in [1.165, 1.54) is 17.5 Å². The minimum absolute atomic E-state index is 0.0518. The molecule has 0 aliphatic heterocycles. The van der Waals surface area contributed by atoms with Crippen molar-refractivity contribution in [3.8, 4) is 5.75 Å². The average Bonchev–Trinajstić information content (AvgIpc) is 2.77. The van der Waals surface area contributed by atoms with Crippen LogP contribution in [0.25, 0.3) is 0 Å². The van der Waals surface area contributed by atoms with Gasteiger partial charge in [0.15, 0.2) is 0 Å². The van der Waals surface area contributed by atoms with Gasteiger partial charge in [0.1, 0.15) is 5.75 Å². The van der Waals surface area contributed by atoms with Gasteiger partial charge < -0.3 is 10.1 Å². The standard InChI is InChI=1S/C24H25ClN2O4S/c1-17-14-20(12-13-23(17)31-3)32(29,30)27(15-19-8-5-4-6-9-19)16-24(28)26-22-11-7-10-21(25)18(22)2/h4-14H,15-16H2,1-3H3,(H,26,28). The van der Waals surface area contributed by atoms with E-state index in [4.69, 9.17) is 16.3 Å². The molecule has 0 saturated heterocycles. The van der Waals surface area contributed by atoms with E-state index in [0.717, 1.165) is 5.56 Å². The molecule has 3 aromatic carbocycles. The topological polar surface area (TPSA) is 75.7 Å². The Labute approximate surface area is 193 Å². The van der Waals surface area contributed by atoms with Gasteiger partial charge in [-0.15, -0.1) is 0 Å². The number of methoxy groups -OCH3 is 1. The first-order valence-corrected chi connectivity index (χ1v) is 11.8. The number of carbonyl (C=O) groups is 1. The van der Waals surface area contributed by atoms with Crippen LogP contribution in [0.3, 0.4) is 0 Å². The van der Waals surface area contributed by atoms with Crippen molar-refractivity contribution >= 4 is 33.2 Å². The average molecular weight is 473 g/mol. The predicted molar refractivity (Wildman–Crippen MR) is 127 cm³/mol. The Kier molecular flexibility index (Phi) is 7.56. The summed E-state index contributed by atoms with van der Waals surface area (Å²) in [6, 6.07) is 19.0. The number of hydrogen-bond donors (Lipinski definition) is 1. The molecule has 0 aliphatic carbocycles. The molecule has 0 heterocycles. The summed E-state index contributed by atoms with van der Waals surface area (Å²) in [5, 5.41) is 3.29. The Morgan fingerprint density at radius 1 is 1.03 bits per heavy atom. The number of halogens is 1. The zero-order valence-electron chi connectivity index (χ0n) is 18.1. The molecular weight excluding hydrogens is 448 g/mol. The van der Waals surface area contributed by atoms with E-state index in [1.54, 1.807) is 44.2 Å². The smallest absolute Gasteiger partial charge is 0.243 e. The zero-order valence-corrected chi connectivity index (χ0v) is 19.7. The highest BCUT2D eigenvalue weighted by molar-refractivity contribution is 7.89. The number of carbonyl (C=O) groups excluding carboxylic acids is 1. The number of amides is 1. The maximum atomic E-state index is 13.5. The maximum Gasteiger partial charge on any atom is 0.243 e. The molecule has 0 aliphatic rings. The highest BCUT2D eigenvalue weighted by Crippen LogP contribution is 2.26. The molecule has 0 aromatic heterocycles. The summed E-state index contributed by atoms with van der Waals surface area (Å²) < 4.78 is 33.4. The molecule has 168 valence electrons. The number of anilines is 1. The molecule has 3 rings (SSSR count). The molecular formula is C24H25ClN2O4S. The number of sulfonamides is 1. The summed E-state index contributed by atoms with van der Waals surface area (Å²) >= 11 is 6.13. The van der Waals surface area contributed by atoms with Crippen LogP contribution in [0.1, 0.15) is 16.7 Å². The molecule has 0 unspecified atom stereocenters. The largest absolute Gasteiger partial charge is 0.496 e. The van der Waals surface area contributed by atoms with Crippen molar-refractivity contribution < 1.29 is 17.9 Å². The van der Waals surface area contributed by atoms with Crippen molar-refractivity contribution in [3.63, 3.8) is 0 Å². The summed E-state index contributed by atoms with van der Waals surface area (Å²) in [6.45, 7) is 3.26. The van der Waals surface area contributed by atoms with Crippen LogP contribution in [-0.2, 0) is 21.4 Å². The lowest BCUT2D eigenvalue weighted by Gasteiger charge is -2.23. The molecule has 3 aromatic rings. The van der Waals surface area contributed by atoms with Gasteiger partial charge in [-0.2, -0.15) is 4.31 Å². The van der Waals surface area contributed by atoms with Gasteiger partial charge in [-0.3, -0.25) is 4.79 Å². The number of hydrogen-bond acceptors (Lipinski definition) is 4. The van der Waals surface area contributed by atoms with Crippen LogP contribution in [0, 0.1) is 13.8 Å². The van der Waals surface area contributed by atoms with E-state index >= 15 is 0 Å². The van der Waals surface area contributed by atoms with Gasteiger partial charge in [-0.1, -0.05) is 48.0 Å².